The number of hydrogen-bond acceptors (Lipinski definition) is 6. The molecule has 2 aromatic carbocycles. The van der Waals surface area contributed by atoms with Crippen molar-refractivity contribution in [1.82, 2.24) is 34.9 Å². The Balaban J connectivity index is 1.28. The minimum atomic E-state index is -0.639. The van der Waals surface area contributed by atoms with Crippen LogP contribution in [0.3, 0.4) is 0 Å². The van der Waals surface area contributed by atoms with Gasteiger partial charge in [-0.3, -0.25) is 14.8 Å². The van der Waals surface area contributed by atoms with Gasteiger partial charge in [0.1, 0.15) is 5.69 Å². The number of aryl methyl sites for hydroxylation is 1. The molecule has 4 heterocycles. The minimum Gasteiger partial charge on any atom is -0.505 e. The molecule has 0 radical (unpaired) electrons. The normalized spacial score (nSPS) is 19.4. The van der Waals surface area contributed by atoms with Gasteiger partial charge in [-0.25, -0.2) is 9.37 Å². The number of benzene rings is 2. The van der Waals surface area contributed by atoms with E-state index in [2.05, 4.69) is 46.0 Å². The monoisotopic (exact) mass is 559 g/mol. The van der Waals surface area contributed by atoms with Crippen molar-refractivity contribution in [3.8, 4) is 28.4 Å². The van der Waals surface area contributed by atoms with Crippen molar-refractivity contribution in [2.75, 3.05) is 33.7 Å². The number of hydrogen-bond donors (Lipinski definition) is 3. The molecule has 2 aliphatic rings. The van der Waals surface area contributed by atoms with Gasteiger partial charge in [0.25, 0.3) is 0 Å². The van der Waals surface area contributed by atoms with E-state index in [1.807, 2.05) is 30.0 Å². The van der Waals surface area contributed by atoms with Gasteiger partial charge < -0.3 is 19.9 Å². The Kier molecular flexibility index (Phi) is 7.29. The number of phenols is 1. The second kappa shape index (κ2) is 10.9. The first-order valence-corrected chi connectivity index (χ1v) is 14.5. The molecule has 2 aromatic heterocycles. The second-order valence-electron chi connectivity index (χ2n) is 11.5. The predicted molar refractivity (Wildman–Crippen MR) is 157 cm³/mol. The summed E-state index contributed by atoms with van der Waals surface area (Å²) in [6.45, 7) is 7.20. The standard InChI is InChI=1S/C31H38FN7O2/c1-5-10-38-17-26-25(15-27(38)31(41)39-11-9-20(16-39)37(3)4)33-30(34-26)29-21-8-7-19(12-24(21)35-36-29)22-14-23(32)28(40)13-18(22)6-2/h7-8,12-14,20,27,40H,5-6,9-11,15-17H2,1-4H3,(H,33,34)(H,35,36)/t20-,27+/m0/s1. The summed E-state index contributed by atoms with van der Waals surface area (Å²) < 4.78 is 14.2. The van der Waals surface area contributed by atoms with E-state index < -0.39 is 5.82 Å². The number of likely N-dealkylation sites (N-methyl/N-ethyl adjacent to an activating group) is 1. The molecule has 6 rings (SSSR count). The molecule has 0 saturated carbocycles. The fourth-order valence-corrected chi connectivity index (χ4v) is 6.36. The van der Waals surface area contributed by atoms with Crippen LogP contribution in [0.2, 0.25) is 0 Å². The highest BCUT2D eigenvalue weighted by atomic mass is 19.1. The molecular formula is C31H38FN7O2. The average molecular weight is 560 g/mol. The molecule has 10 heteroatoms. The van der Waals surface area contributed by atoms with Crippen LogP contribution in [-0.4, -0.2) is 91.7 Å². The van der Waals surface area contributed by atoms with E-state index in [9.17, 15) is 14.3 Å². The highest BCUT2D eigenvalue weighted by molar-refractivity contribution is 5.94. The molecule has 2 aliphatic heterocycles. The van der Waals surface area contributed by atoms with E-state index >= 15 is 0 Å². The van der Waals surface area contributed by atoms with Crippen LogP contribution in [-0.2, 0) is 24.2 Å². The van der Waals surface area contributed by atoms with Crippen LogP contribution >= 0.6 is 0 Å². The Morgan fingerprint density at radius 1 is 1.22 bits per heavy atom. The van der Waals surface area contributed by atoms with Crippen LogP contribution in [0.15, 0.2) is 30.3 Å². The molecule has 0 bridgehead atoms. The fraction of sp³-hybridized carbons (Fsp3) is 0.452. The zero-order chi connectivity index (χ0) is 28.8. The number of phenolic OH excluding ortho intramolecular Hbond substituents is 1. The van der Waals surface area contributed by atoms with Crippen LogP contribution in [0.4, 0.5) is 4.39 Å². The Bertz CT molecular complexity index is 1590. The molecule has 0 aliphatic carbocycles. The Morgan fingerprint density at radius 2 is 2.05 bits per heavy atom. The molecule has 0 spiro atoms. The van der Waals surface area contributed by atoms with Gasteiger partial charge in [-0.15, -0.1) is 0 Å². The van der Waals surface area contributed by atoms with Gasteiger partial charge in [0, 0.05) is 37.5 Å². The lowest BCUT2D eigenvalue weighted by Gasteiger charge is -2.36. The number of halogens is 1. The number of fused-ring (bicyclic) bond motifs is 2. The third-order valence-electron chi connectivity index (χ3n) is 8.71. The van der Waals surface area contributed by atoms with Crippen molar-refractivity contribution in [2.24, 2.45) is 0 Å². The summed E-state index contributed by atoms with van der Waals surface area (Å²) in [4.78, 5) is 28.7. The van der Waals surface area contributed by atoms with Crippen molar-refractivity contribution in [2.45, 2.75) is 58.2 Å². The fourth-order valence-electron chi connectivity index (χ4n) is 6.36. The van der Waals surface area contributed by atoms with Crippen molar-refractivity contribution < 1.29 is 14.3 Å². The van der Waals surface area contributed by atoms with Gasteiger partial charge in [-0.1, -0.05) is 19.9 Å². The van der Waals surface area contributed by atoms with Crippen molar-refractivity contribution in [3.63, 3.8) is 0 Å². The van der Waals surface area contributed by atoms with Crippen LogP contribution in [0, 0.1) is 5.82 Å². The smallest absolute Gasteiger partial charge is 0.240 e. The number of carbonyl (C=O) groups excluding carboxylic acids is 1. The molecule has 0 unspecified atom stereocenters. The minimum absolute atomic E-state index is 0.202. The quantitative estimate of drug-likeness (QED) is 0.312. The van der Waals surface area contributed by atoms with Gasteiger partial charge in [-0.2, -0.15) is 5.10 Å². The van der Waals surface area contributed by atoms with Crippen LogP contribution < -0.4 is 0 Å². The number of imidazole rings is 1. The predicted octanol–water partition coefficient (Wildman–Crippen LogP) is 4.33. The lowest BCUT2D eigenvalue weighted by Crippen LogP contribution is -2.51. The topological polar surface area (TPSA) is 104 Å². The van der Waals surface area contributed by atoms with Gasteiger partial charge in [0.2, 0.25) is 5.91 Å². The van der Waals surface area contributed by atoms with Crippen LogP contribution in [0.1, 0.15) is 43.6 Å². The van der Waals surface area contributed by atoms with E-state index in [4.69, 9.17) is 4.98 Å². The second-order valence-corrected chi connectivity index (χ2v) is 11.5. The average Bonchev–Trinajstić information content (AvgIpc) is 3.71. The Labute approximate surface area is 239 Å². The maximum atomic E-state index is 14.2. The number of nitrogens with one attached hydrogen (secondary N) is 2. The van der Waals surface area contributed by atoms with E-state index in [-0.39, 0.29) is 17.7 Å². The van der Waals surface area contributed by atoms with Crippen molar-refractivity contribution >= 4 is 16.8 Å². The third kappa shape index (κ3) is 4.99. The van der Waals surface area contributed by atoms with E-state index in [1.165, 1.54) is 12.1 Å². The van der Waals surface area contributed by atoms with Gasteiger partial charge in [0.15, 0.2) is 17.4 Å². The summed E-state index contributed by atoms with van der Waals surface area (Å²) >= 11 is 0. The molecule has 9 nitrogen and oxygen atoms in total. The largest absolute Gasteiger partial charge is 0.505 e. The van der Waals surface area contributed by atoms with Crippen LogP contribution in [0.5, 0.6) is 5.75 Å². The van der Waals surface area contributed by atoms with E-state index in [0.717, 1.165) is 71.5 Å². The lowest BCUT2D eigenvalue weighted by molar-refractivity contribution is -0.136. The number of rotatable bonds is 7. The highest BCUT2D eigenvalue weighted by Gasteiger charge is 2.38. The number of aromatic hydroxyl groups is 1. The summed E-state index contributed by atoms with van der Waals surface area (Å²) in [7, 11) is 4.16. The summed E-state index contributed by atoms with van der Waals surface area (Å²) in [6.07, 6.45) is 3.22. The maximum absolute atomic E-state index is 14.2. The molecule has 3 N–H and O–H groups in total. The Morgan fingerprint density at radius 3 is 2.78 bits per heavy atom. The highest BCUT2D eigenvalue weighted by Crippen LogP contribution is 2.34. The number of aromatic amines is 2. The molecule has 4 aromatic rings. The van der Waals surface area contributed by atoms with E-state index in [0.29, 0.717) is 36.9 Å². The summed E-state index contributed by atoms with van der Waals surface area (Å²) in [5.74, 6) is -0.0954. The molecule has 41 heavy (non-hydrogen) atoms. The number of H-pyrrole nitrogens is 2. The molecular weight excluding hydrogens is 521 g/mol. The molecule has 1 amide bonds. The number of aromatic nitrogens is 4. The van der Waals surface area contributed by atoms with Gasteiger partial charge in [-0.05, 0) is 80.9 Å². The van der Waals surface area contributed by atoms with Gasteiger partial charge in [0.05, 0.1) is 22.9 Å². The van der Waals surface area contributed by atoms with Crippen molar-refractivity contribution in [3.05, 3.63) is 53.1 Å². The first-order chi connectivity index (χ1) is 19.8. The van der Waals surface area contributed by atoms with E-state index in [1.54, 1.807) is 0 Å². The number of amides is 1. The first kappa shape index (κ1) is 27.4. The number of carbonyl (C=O) groups is 1. The number of nitrogens with zero attached hydrogens (tertiary/aromatic N) is 5. The molecule has 1 fully saturated rings. The summed E-state index contributed by atoms with van der Waals surface area (Å²) in [5.41, 5.74) is 5.94. The van der Waals surface area contributed by atoms with Crippen molar-refractivity contribution in [1.29, 1.82) is 0 Å². The van der Waals surface area contributed by atoms with Gasteiger partial charge >= 0.3 is 0 Å². The first-order valence-electron chi connectivity index (χ1n) is 14.5. The molecule has 1 saturated heterocycles. The zero-order valence-electron chi connectivity index (χ0n) is 24.2. The summed E-state index contributed by atoms with van der Waals surface area (Å²) in [6, 6.07) is 8.94. The van der Waals surface area contributed by atoms with Crippen LogP contribution in [0.25, 0.3) is 33.5 Å². The lowest BCUT2D eigenvalue weighted by atomic mass is 9.96. The maximum Gasteiger partial charge on any atom is 0.240 e. The summed E-state index contributed by atoms with van der Waals surface area (Å²) in [5, 5.41) is 18.4. The third-order valence-corrected chi connectivity index (χ3v) is 8.71. The molecule has 2 atom stereocenters. The SMILES string of the molecule is CCCN1Cc2[nH]c(-c3n[nH]c4cc(-c5cc(F)c(O)cc5CC)ccc34)nc2C[C@@H]1C(=O)N1CC[C@H](N(C)C)C1. The Hall–Kier alpha value is -3.76. The molecule has 216 valence electrons. The number of likely N-dealkylation sites (tertiary alicyclic amines) is 1. The zero-order valence-corrected chi connectivity index (χ0v) is 24.2.